The van der Waals surface area contributed by atoms with Gasteiger partial charge in [-0.25, -0.2) is 4.79 Å². The Morgan fingerprint density at radius 1 is 1.28 bits per heavy atom. The average molecular weight is 418 g/mol. The van der Waals surface area contributed by atoms with Gasteiger partial charge in [-0.15, -0.1) is 11.3 Å². The molecule has 0 radical (unpaired) electrons. The highest BCUT2D eigenvalue weighted by Gasteiger charge is 2.19. The Hall–Kier alpha value is -2.17. The van der Waals surface area contributed by atoms with E-state index in [-0.39, 0.29) is 12.1 Å². The third kappa shape index (κ3) is 3.32. The van der Waals surface area contributed by atoms with Crippen molar-refractivity contribution in [2.75, 3.05) is 0 Å². The minimum Gasteiger partial charge on any atom is -0.298 e. The number of halogens is 1. The molecule has 1 N–H and O–H groups in total. The van der Waals surface area contributed by atoms with Crippen molar-refractivity contribution in [3.63, 3.8) is 0 Å². The van der Waals surface area contributed by atoms with Crippen molar-refractivity contribution in [3.8, 4) is 17.2 Å². The minimum absolute atomic E-state index is 0.245. The number of aromatic amines is 1. The van der Waals surface area contributed by atoms with E-state index >= 15 is 0 Å². The first-order chi connectivity index (χ1) is 12.1. The van der Waals surface area contributed by atoms with Gasteiger partial charge in [-0.05, 0) is 30.5 Å². The number of aromatic nitrogens is 2. The first kappa shape index (κ1) is 17.6. The van der Waals surface area contributed by atoms with Crippen molar-refractivity contribution < 1.29 is 0 Å². The molecule has 5 nitrogen and oxygen atoms in total. The largest absolute Gasteiger partial charge is 0.329 e. The van der Waals surface area contributed by atoms with Crippen LogP contribution in [0.5, 0.6) is 0 Å². The molecule has 0 aliphatic heterocycles. The van der Waals surface area contributed by atoms with E-state index in [1.54, 1.807) is 0 Å². The quantitative estimate of drug-likeness (QED) is 0.635. The monoisotopic (exact) mass is 417 g/mol. The number of unbranched alkanes of at least 4 members (excludes halogenated alkanes) is 1. The van der Waals surface area contributed by atoms with Crippen molar-refractivity contribution in [1.82, 2.24) is 9.55 Å². The smallest absolute Gasteiger partial charge is 0.298 e. The molecular weight excluding hydrogens is 402 g/mol. The molecule has 0 spiro atoms. The summed E-state index contributed by atoms with van der Waals surface area (Å²) in [5.74, 6) is 0. The highest BCUT2D eigenvalue weighted by molar-refractivity contribution is 9.10. The van der Waals surface area contributed by atoms with Gasteiger partial charge in [-0.2, -0.15) is 5.26 Å². The van der Waals surface area contributed by atoms with Crippen LogP contribution in [0.1, 0.15) is 24.6 Å². The molecule has 2 heterocycles. The summed E-state index contributed by atoms with van der Waals surface area (Å²) in [7, 11) is 0. The van der Waals surface area contributed by atoms with Gasteiger partial charge in [0.1, 0.15) is 4.83 Å². The zero-order valence-electron chi connectivity index (χ0n) is 13.6. The number of nitrogens with zero attached hydrogens (tertiary/aromatic N) is 2. The van der Waals surface area contributed by atoms with Gasteiger partial charge in [-0.1, -0.05) is 35.0 Å². The van der Waals surface area contributed by atoms with E-state index in [2.05, 4.69) is 20.9 Å². The van der Waals surface area contributed by atoms with Gasteiger partial charge in [0.25, 0.3) is 5.56 Å². The number of fused-ring (bicyclic) bond motifs is 1. The fraction of sp³-hybridized carbons (Fsp3) is 0.278. The Morgan fingerprint density at radius 3 is 2.64 bits per heavy atom. The number of thiophene rings is 1. The third-order valence-electron chi connectivity index (χ3n) is 4.03. The molecule has 0 amide bonds. The molecule has 0 saturated carbocycles. The molecule has 0 fully saturated rings. The standard InChI is InChI=1S/C18H16BrN3O2S/c1-2-13-14(11-5-7-12(19)8-6-11)15-16(25-13)21-18(24)22(17(15)23)10-4-3-9-20/h5-8H,2-4,10H2,1H3,(H,21,24). The molecule has 7 heteroatoms. The van der Waals surface area contributed by atoms with Crippen molar-refractivity contribution in [2.45, 2.75) is 32.7 Å². The van der Waals surface area contributed by atoms with Gasteiger partial charge >= 0.3 is 5.69 Å². The summed E-state index contributed by atoms with van der Waals surface area (Å²) in [4.78, 5) is 29.8. The van der Waals surface area contributed by atoms with Crippen LogP contribution in [-0.4, -0.2) is 9.55 Å². The molecule has 0 aliphatic rings. The number of hydrogen-bond acceptors (Lipinski definition) is 4. The molecule has 0 atom stereocenters. The molecule has 3 aromatic rings. The second-order valence-electron chi connectivity index (χ2n) is 5.61. The Labute approximate surface area is 156 Å². The predicted molar refractivity (Wildman–Crippen MR) is 104 cm³/mol. The predicted octanol–water partition coefficient (Wildman–Crippen LogP) is 4.05. The molecule has 25 heavy (non-hydrogen) atoms. The maximum Gasteiger partial charge on any atom is 0.329 e. The molecule has 128 valence electrons. The van der Waals surface area contributed by atoms with Crippen LogP contribution in [0.2, 0.25) is 0 Å². The number of aryl methyl sites for hydroxylation is 1. The lowest BCUT2D eigenvalue weighted by Gasteiger charge is -2.06. The van der Waals surface area contributed by atoms with Crippen LogP contribution in [0.3, 0.4) is 0 Å². The zero-order chi connectivity index (χ0) is 18.0. The van der Waals surface area contributed by atoms with Gasteiger partial charge in [0.15, 0.2) is 0 Å². The van der Waals surface area contributed by atoms with E-state index in [4.69, 9.17) is 5.26 Å². The van der Waals surface area contributed by atoms with Crippen molar-refractivity contribution >= 4 is 37.5 Å². The molecule has 0 saturated heterocycles. The summed E-state index contributed by atoms with van der Waals surface area (Å²) in [6.45, 7) is 2.28. The molecule has 3 rings (SSSR count). The highest BCUT2D eigenvalue weighted by Crippen LogP contribution is 2.36. The van der Waals surface area contributed by atoms with Crippen LogP contribution >= 0.6 is 27.3 Å². The Balaban J connectivity index is 2.27. The fourth-order valence-corrected chi connectivity index (χ4v) is 4.26. The van der Waals surface area contributed by atoms with Gasteiger partial charge in [0, 0.05) is 27.9 Å². The molecule has 2 aromatic heterocycles. The Kier molecular flexibility index (Phi) is 5.21. The Bertz CT molecular complexity index is 1070. The topological polar surface area (TPSA) is 78.7 Å². The Morgan fingerprint density at radius 2 is 2.00 bits per heavy atom. The van der Waals surface area contributed by atoms with Crippen LogP contribution in [0.4, 0.5) is 0 Å². The summed E-state index contributed by atoms with van der Waals surface area (Å²) in [5, 5.41) is 9.24. The number of nitrogens with one attached hydrogen (secondary N) is 1. The fourth-order valence-electron chi connectivity index (χ4n) is 2.85. The van der Waals surface area contributed by atoms with Gasteiger partial charge in [0.2, 0.25) is 0 Å². The lowest BCUT2D eigenvalue weighted by atomic mass is 10.0. The zero-order valence-corrected chi connectivity index (χ0v) is 16.0. The molecule has 0 unspecified atom stereocenters. The van der Waals surface area contributed by atoms with E-state index < -0.39 is 5.69 Å². The van der Waals surface area contributed by atoms with Crippen molar-refractivity contribution in [1.29, 1.82) is 5.26 Å². The number of rotatable bonds is 5. The normalized spacial score (nSPS) is 10.9. The second-order valence-corrected chi connectivity index (χ2v) is 7.63. The van der Waals surface area contributed by atoms with Crippen LogP contribution in [0.15, 0.2) is 38.3 Å². The summed E-state index contributed by atoms with van der Waals surface area (Å²) in [5.41, 5.74) is 1.15. The molecule has 1 aromatic carbocycles. The minimum atomic E-state index is -0.415. The maximum absolute atomic E-state index is 13.0. The number of benzene rings is 1. The number of H-pyrrole nitrogens is 1. The number of hydrogen-bond donors (Lipinski definition) is 1. The molecular formula is C18H16BrN3O2S. The lowest BCUT2D eigenvalue weighted by Crippen LogP contribution is -2.34. The maximum atomic E-state index is 13.0. The summed E-state index contributed by atoms with van der Waals surface area (Å²) < 4.78 is 2.17. The van der Waals surface area contributed by atoms with E-state index in [1.165, 1.54) is 15.9 Å². The molecule has 0 aliphatic carbocycles. The summed E-state index contributed by atoms with van der Waals surface area (Å²) in [6, 6.07) is 9.85. The average Bonchev–Trinajstić information content (AvgIpc) is 2.97. The van der Waals surface area contributed by atoms with Gasteiger partial charge < -0.3 is 0 Å². The summed E-state index contributed by atoms with van der Waals surface area (Å²) in [6.07, 6.45) is 1.57. The van der Waals surface area contributed by atoms with Crippen LogP contribution in [0, 0.1) is 11.3 Å². The van der Waals surface area contributed by atoms with Crippen molar-refractivity contribution in [2.24, 2.45) is 0 Å². The second kappa shape index (κ2) is 7.38. The van der Waals surface area contributed by atoms with Crippen LogP contribution in [0.25, 0.3) is 21.3 Å². The first-order valence-corrected chi connectivity index (χ1v) is 9.59. The SMILES string of the molecule is CCc1sc2[nH]c(=O)n(CCCC#N)c(=O)c2c1-c1ccc(Br)cc1. The van der Waals surface area contributed by atoms with E-state index in [1.807, 2.05) is 37.3 Å². The lowest BCUT2D eigenvalue weighted by molar-refractivity contribution is 0.605. The highest BCUT2D eigenvalue weighted by atomic mass is 79.9. The van der Waals surface area contributed by atoms with Crippen molar-refractivity contribution in [3.05, 3.63) is 54.5 Å². The van der Waals surface area contributed by atoms with E-state index in [0.717, 1.165) is 26.9 Å². The van der Waals surface area contributed by atoms with Gasteiger partial charge in [0.05, 0.1) is 11.5 Å². The van der Waals surface area contributed by atoms with Crippen LogP contribution < -0.4 is 11.2 Å². The van der Waals surface area contributed by atoms with E-state index in [0.29, 0.717) is 23.1 Å². The summed E-state index contributed by atoms with van der Waals surface area (Å²) >= 11 is 4.88. The van der Waals surface area contributed by atoms with Gasteiger partial charge in [-0.3, -0.25) is 14.3 Å². The third-order valence-corrected chi connectivity index (χ3v) is 5.81. The number of nitriles is 1. The van der Waals surface area contributed by atoms with Crippen LogP contribution in [-0.2, 0) is 13.0 Å². The van der Waals surface area contributed by atoms with E-state index in [9.17, 15) is 9.59 Å². The molecule has 0 bridgehead atoms. The first-order valence-electron chi connectivity index (χ1n) is 7.98.